The smallest absolute Gasteiger partial charge is 0.222 e. The second kappa shape index (κ2) is 6.26. The van der Waals surface area contributed by atoms with Gasteiger partial charge in [-0.1, -0.05) is 26.0 Å². The standard InChI is InChI=1S/C13H18FNO/c1-3-10(2)13(16)15-8-7-11-5-4-6-12(14)9-11/h4-6,9-10H,3,7-8H2,1-2H3,(H,15,16)/t10-/m1/s1. The predicted molar refractivity (Wildman–Crippen MR) is 62.6 cm³/mol. The Morgan fingerprint density at radius 2 is 2.25 bits per heavy atom. The van der Waals surface area contributed by atoms with Crippen LogP contribution in [0.15, 0.2) is 24.3 Å². The molecule has 1 aromatic carbocycles. The number of hydrogen-bond donors (Lipinski definition) is 1. The lowest BCUT2D eigenvalue weighted by Gasteiger charge is -2.09. The molecular formula is C13H18FNO. The third-order valence-corrected chi connectivity index (χ3v) is 2.66. The van der Waals surface area contributed by atoms with Gasteiger partial charge in [-0.15, -0.1) is 0 Å². The highest BCUT2D eigenvalue weighted by Crippen LogP contribution is 2.04. The zero-order chi connectivity index (χ0) is 12.0. The maximum absolute atomic E-state index is 12.8. The van der Waals surface area contributed by atoms with E-state index in [1.165, 1.54) is 12.1 Å². The number of carbonyl (C=O) groups excluding carboxylic acids is 1. The molecule has 0 aliphatic heterocycles. The molecule has 1 atom stereocenters. The molecule has 2 nitrogen and oxygen atoms in total. The van der Waals surface area contributed by atoms with E-state index in [1.807, 2.05) is 19.9 Å². The number of hydrogen-bond acceptors (Lipinski definition) is 1. The zero-order valence-electron chi connectivity index (χ0n) is 9.79. The second-order valence-corrected chi connectivity index (χ2v) is 3.98. The number of amides is 1. The minimum absolute atomic E-state index is 0.0486. The Morgan fingerprint density at radius 3 is 2.88 bits per heavy atom. The summed E-state index contributed by atoms with van der Waals surface area (Å²) in [5.74, 6) is -0.114. The summed E-state index contributed by atoms with van der Waals surface area (Å²) in [6.45, 7) is 4.45. The van der Waals surface area contributed by atoms with Crippen LogP contribution >= 0.6 is 0 Å². The maximum atomic E-state index is 12.8. The molecule has 1 N–H and O–H groups in total. The Morgan fingerprint density at radius 1 is 1.50 bits per heavy atom. The summed E-state index contributed by atoms with van der Waals surface area (Å²) in [4.78, 5) is 11.4. The third-order valence-electron chi connectivity index (χ3n) is 2.66. The quantitative estimate of drug-likeness (QED) is 0.816. The lowest BCUT2D eigenvalue weighted by Crippen LogP contribution is -2.30. The summed E-state index contributed by atoms with van der Waals surface area (Å²) < 4.78 is 12.8. The van der Waals surface area contributed by atoms with Crippen molar-refractivity contribution in [2.75, 3.05) is 6.54 Å². The molecule has 1 rings (SSSR count). The van der Waals surface area contributed by atoms with Gasteiger partial charge in [-0.25, -0.2) is 4.39 Å². The van der Waals surface area contributed by atoms with Crippen LogP contribution in [0.4, 0.5) is 4.39 Å². The van der Waals surface area contributed by atoms with E-state index in [-0.39, 0.29) is 17.6 Å². The Balaban J connectivity index is 2.33. The molecule has 0 spiro atoms. The van der Waals surface area contributed by atoms with E-state index in [2.05, 4.69) is 5.32 Å². The van der Waals surface area contributed by atoms with E-state index >= 15 is 0 Å². The summed E-state index contributed by atoms with van der Waals surface area (Å²) in [6.07, 6.45) is 1.51. The van der Waals surface area contributed by atoms with Crippen molar-refractivity contribution in [1.82, 2.24) is 5.32 Å². The molecule has 0 saturated carbocycles. The molecule has 3 heteroatoms. The highest BCUT2D eigenvalue weighted by Gasteiger charge is 2.08. The molecule has 0 saturated heterocycles. The van der Waals surface area contributed by atoms with E-state index < -0.39 is 0 Å². The molecule has 1 aromatic rings. The molecule has 0 fully saturated rings. The van der Waals surface area contributed by atoms with Crippen LogP contribution in [0.5, 0.6) is 0 Å². The van der Waals surface area contributed by atoms with Gasteiger partial charge in [0.2, 0.25) is 5.91 Å². The first-order valence-corrected chi connectivity index (χ1v) is 5.65. The van der Waals surface area contributed by atoms with Crippen LogP contribution in [0.2, 0.25) is 0 Å². The van der Waals surface area contributed by atoms with Gasteiger partial charge in [0, 0.05) is 12.5 Å². The Kier molecular flexibility index (Phi) is 4.96. The molecule has 0 aliphatic carbocycles. The first kappa shape index (κ1) is 12.7. The minimum Gasteiger partial charge on any atom is -0.356 e. The minimum atomic E-state index is -0.231. The average molecular weight is 223 g/mol. The normalized spacial score (nSPS) is 12.2. The van der Waals surface area contributed by atoms with E-state index in [4.69, 9.17) is 0 Å². The van der Waals surface area contributed by atoms with Crippen LogP contribution < -0.4 is 5.32 Å². The molecule has 0 aliphatic rings. The molecule has 1 amide bonds. The fraction of sp³-hybridized carbons (Fsp3) is 0.462. The van der Waals surface area contributed by atoms with Gasteiger partial charge < -0.3 is 5.32 Å². The third kappa shape index (κ3) is 4.01. The zero-order valence-corrected chi connectivity index (χ0v) is 9.79. The Hall–Kier alpha value is -1.38. The lowest BCUT2D eigenvalue weighted by atomic mass is 10.1. The van der Waals surface area contributed by atoms with Crippen molar-refractivity contribution in [3.63, 3.8) is 0 Å². The SMILES string of the molecule is CC[C@@H](C)C(=O)NCCc1cccc(F)c1. The van der Waals surface area contributed by atoms with Crippen LogP contribution in [0, 0.1) is 11.7 Å². The molecule has 16 heavy (non-hydrogen) atoms. The van der Waals surface area contributed by atoms with Crippen molar-refractivity contribution in [3.8, 4) is 0 Å². The first-order chi connectivity index (χ1) is 7.63. The largest absolute Gasteiger partial charge is 0.356 e. The van der Waals surface area contributed by atoms with E-state index in [1.54, 1.807) is 6.07 Å². The lowest BCUT2D eigenvalue weighted by molar-refractivity contribution is -0.124. The van der Waals surface area contributed by atoms with Crippen LogP contribution in [-0.2, 0) is 11.2 Å². The highest BCUT2D eigenvalue weighted by atomic mass is 19.1. The molecule has 0 unspecified atom stereocenters. The van der Waals surface area contributed by atoms with Gasteiger partial charge in [0.1, 0.15) is 5.82 Å². The van der Waals surface area contributed by atoms with Gasteiger partial charge in [0.05, 0.1) is 0 Å². The number of benzene rings is 1. The van der Waals surface area contributed by atoms with Gasteiger partial charge in [0.15, 0.2) is 0 Å². The van der Waals surface area contributed by atoms with Crippen molar-refractivity contribution in [1.29, 1.82) is 0 Å². The summed E-state index contributed by atoms with van der Waals surface area (Å²) >= 11 is 0. The predicted octanol–water partition coefficient (Wildman–Crippen LogP) is 2.53. The second-order valence-electron chi connectivity index (χ2n) is 3.98. The van der Waals surface area contributed by atoms with Crippen molar-refractivity contribution in [2.24, 2.45) is 5.92 Å². The van der Waals surface area contributed by atoms with Crippen LogP contribution in [-0.4, -0.2) is 12.5 Å². The fourth-order valence-corrected chi connectivity index (χ4v) is 1.38. The maximum Gasteiger partial charge on any atom is 0.222 e. The topological polar surface area (TPSA) is 29.1 Å². The van der Waals surface area contributed by atoms with Crippen LogP contribution in [0.25, 0.3) is 0 Å². The first-order valence-electron chi connectivity index (χ1n) is 5.65. The van der Waals surface area contributed by atoms with Crippen molar-refractivity contribution in [2.45, 2.75) is 26.7 Å². The monoisotopic (exact) mass is 223 g/mol. The van der Waals surface area contributed by atoms with E-state index in [9.17, 15) is 9.18 Å². The summed E-state index contributed by atoms with van der Waals surface area (Å²) in [7, 11) is 0. The number of nitrogens with one attached hydrogen (secondary N) is 1. The Labute approximate surface area is 95.9 Å². The molecule has 0 aromatic heterocycles. The fourth-order valence-electron chi connectivity index (χ4n) is 1.38. The average Bonchev–Trinajstić information content (AvgIpc) is 2.28. The van der Waals surface area contributed by atoms with Crippen molar-refractivity contribution < 1.29 is 9.18 Å². The summed E-state index contributed by atoms with van der Waals surface area (Å²) in [5, 5.41) is 2.84. The highest BCUT2D eigenvalue weighted by molar-refractivity contribution is 5.78. The van der Waals surface area contributed by atoms with Gasteiger partial charge in [0.25, 0.3) is 0 Å². The summed E-state index contributed by atoms with van der Waals surface area (Å²) in [6, 6.07) is 6.45. The van der Waals surface area contributed by atoms with Gasteiger partial charge in [-0.3, -0.25) is 4.79 Å². The molecule has 88 valence electrons. The molecule has 0 heterocycles. The molecular weight excluding hydrogens is 205 g/mol. The molecule has 0 radical (unpaired) electrons. The van der Waals surface area contributed by atoms with Crippen LogP contribution in [0.3, 0.4) is 0 Å². The number of halogens is 1. The van der Waals surface area contributed by atoms with E-state index in [0.717, 1.165) is 12.0 Å². The number of carbonyl (C=O) groups is 1. The summed E-state index contributed by atoms with van der Waals surface area (Å²) in [5.41, 5.74) is 0.907. The van der Waals surface area contributed by atoms with Gasteiger partial charge >= 0.3 is 0 Å². The van der Waals surface area contributed by atoms with E-state index in [0.29, 0.717) is 13.0 Å². The van der Waals surface area contributed by atoms with Gasteiger partial charge in [-0.05, 0) is 30.5 Å². The number of rotatable bonds is 5. The van der Waals surface area contributed by atoms with Crippen molar-refractivity contribution in [3.05, 3.63) is 35.6 Å². The van der Waals surface area contributed by atoms with Crippen LogP contribution in [0.1, 0.15) is 25.8 Å². The molecule has 0 bridgehead atoms. The van der Waals surface area contributed by atoms with Crippen molar-refractivity contribution >= 4 is 5.91 Å². The van der Waals surface area contributed by atoms with Gasteiger partial charge in [-0.2, -0.15) is 0 Å². The Bertz CT molecular complexity index is 352.